The van der Waals surface area contributed by atoms with E-state index < -0.39 is 0 Å². The lowest BCUT2D eigenvalue weighted by atomic mass is 10.2. The van der Waals surface area contributed by atoms with Gasteiger partial charge >= 0.3 is 5.69 Å². The fraction of sp³-hybridized carbons (Fsp3) is 0.700. The van der Waals surface area contributed by atoms with E-state index >= 15 is 0 Å². The number of Topliss-reactive ketones (excluding diaryl/α,β-unsaturated/α-hetero) is 1. The van der Waals surface area contributed by atoms with Crippen LogP contribution < -0.4 is 5.69 Å². The number of carbonyl (C=O) groups excluding carboxylic acids is 1. The van der Waals surface area contributed by atoms with E-state index in [9.17, 15) is 9.59 Å². The van der Waals surface area contributed by atoms with E-state index in [0.717, 1.165) is 12.8 Å². The first-order chi connectivity index (χ1) is 7.58. The number of nitrogens with one attached hydrogen (secondary N) is 1. The second-order valence-corrected chi connectivity index (χ2v) is 5.65. The number of hydrogen-bond donors (Lipinski definition) is 1. The maximum atomic E-state index is 11.5. The molecule has 1 aromatic rings. The zero-order valence-corrected chi connectivity index (χ0v) is 10.2. The second-order valence-electron chi connectivity index (χ2n) is 4.25. The molecular formula is C10H15N3O2S. The zero-order chi connectivity index (χ0) is 11.7. The molecule has 2 rings (SSSR count). The molecule has 0 bridgehead atoms. The highest BCUT2D eigenvalue weighted by Crippen LogP contribution is 2.37. The molecule has 1 saturated carbocycles. The number of nitrogens with zero attached hydrogens (tertiary/aromatic N) is 2. The van der Waals surface area contributed by atoms with Crippen molar-refractivity contribution in [3.63, 3.8) is 0 Å². The summed E-state index contributed by atoms with van der Waals surface area (Å²) in [4.78, 5) is 22.5. The number of ketones is 1. The van der Waals surface area contributed by atoms with Crippen LogP contribution in [0.4, 0.5) is 0 Å². The van der Waals surface area contributed by atoms with E-state index in [1.54, 1.807) is 11.5 Å². The summed E-state index contributed by atoms with van der Waals surface area (Å²) in [6.07, 6.45) is 2.61. The number of H-pyrrole nitrogens is 1. The van der Waals surface area contributed by atoms with Gasteiger partial charge < -0.3 is 0 Å². The Morgan fingerprint density at radius 3 is 2.94 bits per heavy atom. The van der Waals surface area contributed by atoms with Gasteiger partial charge in [-0.2, -0.15) is 0 Å². The summed E-state index contributed by atoms with van der Waals surface area (Å²) in [6.45, 7) is 3.55. The second kappa shape index (κ2) is 4.45. The Bertz CT molecular complexity index is 447. The average Bonchev–Trinajstić information content (AvgIpc) is 2.92. The molecule has 1 aliphatic carbocycles. The molecule has 0 amide bonds. The lowest BCUT2D eigenvalue weighted by Gasteiger charge is -2.08. The molecule has 5 nitrogen and oxygen atoms in total. The van der Waals surface area contributed by atoms with Gasteiger partial charge in [-0.1, -0.05) is 18.7 Å². The molecule has 1 aromatic heterocycles. The summed E-state index contributed by atoms with van der Waals surface area (Å²) < 4.78 is 1.71. The van der Waals surface area contributed by atoms with Crippen LogP contribution in [0.2, 0.25) is 0 Å². The smallest absolute Gasteiger partial charge is 0.300 e. The normalized spacial score (nSPS) is 17.4. The first kappa shape index (κ1) is 11.4. The van der Waals surface area contributed by atoms with Crippen LogP contribution in [-0.2, 0) is 4.79 Å². The van der Waals surface area contributed by atoms with Gasteiger partial charge in [0.15, 0.2) is 5.16 Å². The predicted octanol–water partition coefficient (Wildman–Crippen LogP) is 1.37. The molecule has 0 saturated heterocycles. The third-order valence-corrected chi connectivity index (χ3v) is 3.53. The van der Waals surface area contributed by atoms with Crippen molar-refractivity contribution in [1.82, 2.24) is 14.8 Å². The van der Waals surface area contributed by atoms with E-state index in [-0.39, 0.29) is 16.7 Å². The summed E-state index contributed by atoms with van der Waals surface area (Å²) in [5, 5.41) is 7.34. The maximum Gasteiger partial charge on any atom is 0.344 e. The molecule has 1 aliphatic rings. The highest BCUT2D eigenvalue weighted by atomic mass is 32.2. The fourth-order valence-corrected chi connectivity index (χ4v) is 2.78. The molecule has 0 aromatic carbocycles. The Balaban J connectivity index is 2.09. The fourth-order valence-electron chi connectivity index (χ4n) is 1.65. The van der Waals surface area contributed by atoms with Crippen LogP contribution in [-0.4, -0.2) is 25.8 Å². The quantitative estimate of drug-likeness (QED) is 0.790. The predicted molar refractivity (Wildman–Crippen MR) is 61.7 cm³/mol. The van der Waals surface area contributed by atoms with Crippen molar-refractivity contribution in [2.24, 2.45) is 0 Å². The van der Waals surface area contributed by atoms with Gasteiger partial charge in [0.2, 0.25) is 0 Å². The number of aromatic amines is 1. The Morgan fingerprint density at radius 2 is 2.38 bits per heavy atom. The molecule has 0 aliphatic heterocycles. The molecule has 1 fully saturated rings. The third kappa shape index (κ3) is 2.55. The largest absolute Gasteiger partial charge is 0.344 e. The average molecular weight is 241 g/mol. The minimum atomic E-state index is -0.139. The van der Waals surface area contributed by atoms with Crippen molar-refractivity contribution < 1.29 is 4.79 Å². The van der Waals surface area contributed by atoms with E-state index in [2.05, 4.69) is 10.2 Å². The maximum absolute atomic E-state index is 11.5. The molecule has 6 heteroatoms. The molecular weight excluding hydrogens is 226 g/mol. The van der Waals surface area contributed by atoms with Crippen molar-refractivity contribution in [3.05, 3.63) is 10.5 Å². The van der Waals surface area contributed by atoms with E-state index in [0.29, 0.717) is 17.6 Å². The first-order valence-electron chi connectivity index (χ1n) is 5.41. The lowest BCUT2D eigenvalue weighted by Crippen LogP contribution is -2.16. The van der Waals surface area contributed by atoms with Gasteiger partial charge in [0.1, 0.15) is 5.78 Å². The molecule has 1 N–H and O–H groups in total. The minimum absolute atomic E-state index is 0.139. The SMILES string of the molecule is CC(=O)CC(C)Sc1n[nH]c(=O)n1C1CC1. The summed E-state index contributed by atoms with van der Waals surface area (Å²) in [7, 11) is 0. The standard InChI is InChI=1S/C10H15N3O2S/c1-6(14)5-7(2)16-10-12-11-9(15)13(10)8-3-4-8/h7-8H,3-5H2,1-2H3,(H,11,15). The zero-order valence-electron chi connectivity index (χ0n) is 9.40. The van der Waals surface area contributed by atoms with Crippen LogP contribution in [0.5, 0.6) is 0 Å². The van der Waals surface area contributed by atoms with E-state index in [4.69, 9.17) is 0 Å². The van der Waals surface area contributed by atoms with E-state index in [1.165, 1.54) is 11.8 Å². The number of aromatic nitrogens is 3. The Kier molecular flexibility index (Phi) is 3.18. The summed E-state index contributed by atoms with van der Waals surface area (Å²) >= 11 is 1.49. The van der Waals surface area contributed by atoms with Gasteiger partial charge in [0, 0.05) is 17.7 Å². The Labute approximate surface area is 97.6 Å². The lowest BCUT2D eigenvalue weighted by molar-refractivity contribution is -0.116. The first-order valence-corrected chi connectivity index (χ1v) is 6.29. The number of rotatable bonds is 5. The molecule has 1 heterocycles. The number of carbonyl (C=O) groups is 1. The van der Waals surface area contributed by atoms with E-state index in [1.807, 2.05) is 6.92 Å². The van der Waals surface area contributed by atoms with Crippen molar-refractivity contribution in [3.8, 4) is 0 Å². The Hall–Kier alpha value is -1.04. The molecule has 1 atom stereocenters. The van der Waals surface area contributed by atoms with Gasteiger partial charge in [0.25, 0.3) is 0 Å². The van der Waals surface area contributed by atoms with Crippen LogP contribution in [0.3, 0.4) is 0 Å². The minimum Gasteiger partial charge on any atom is -0.300 e. The molecule has 88 valence electrons. The molecule has 1 unspecified atom stereocenters. The molecule has 0 spiro atoms. The summed E-state index contributed by atoms with van der Waals surface area (Å²) in [5.74, 6) is 0.163. The van der Waals surface area contributed by atoms with Gasteiger partial charge in [-0.3, -0.25) is 9.36 Å². The van der Waals surface area contributed by atoms with Gasteiger partial charge in [-0.05, 0) is 19.8 Å². The number of hydrogen-bond acceptors (Lipinski definition) is 4. The van der Waals surface area contributed by atoms with Crippen molar-refractivity contribution in [2.45, 2.75) is 49.6 Å². The summed E-state index contributed by atoms with van der Waals surface area (Å²) in [6, 6.07) is 0.318. The third-order valence-electron chi connectivity index (χ3n) is 2.47. The van der Waals surface area contributed by atoms with Crippen molar-refractivity contribution in [2.75, 3.05) is 0 Å². The van der Waals surface area contributed by atoms with Gasteiger partial charge in [0.05, 0.1) is 0 Å². The Morgan fingerprint density at radius 1 is 1.69 bits per heavy atom. The highest BCUT2D eigenvalue weighted by molar-refractivity contribution is 7.99. The van der Waals surface area contributed by atoms with Gasteiger partial charge in [-0.15, -0.1) is 5.10 Å². The number of thioether (sulfide) groups is 1. The molecule has 0 radical (unpaired) electrons. The monoisotopic (exact) mass is 241 g/mol. The van der Waals surface area contributed by atoms with Crippen molar-refractivity contribution >= 4 is 17.5 Å². The van der Waals surface area contributed by atoms with Crippen molar-refractivity contribution in [1.29, 1.82) is 0 Å². The highest BCUT2D eigenvalue weighted by Gasteiger charge is 2.29. The topological polar surface area (TPSA) is 67.8 Å². The van der Waals surface area contributed by atoms with Crippen LogP contribution in [0.15, 0.2) is 9.95 Å². The molecule has 16 heavy (non-hydrogen) atoms. The van der Waals surface area contributed by atoms with Gasteiger partial charge in [-0.25, -0.2) is 9.89 Å². The van der Waals surface area contributed by atoms with Crippen LogP contribution in [0.25, 0.3) is 0 Å². The van der Waals surface area contributed by atoms with Crippen LogP contribution >= 0.6 is 11.8 Å². The van der Waals surface area contributed by atoms with Crippen LogP contribution in [0.1, 0.15) is 39.2 Å². The summed E-state index contributed by atoms with van der Waals surface area (Å²) in [5.41, 5.74) is -0.139. The van der Waals surface area contributed by atoms with Crippen LogP contribution in [0, 0.1) is 0 Å².